The van der Waals surface area contributed by atoms with Gasteiger partial charge in [-0.3, -0.25) is 0 Å². The monoisotopic (exact) mass is 265 g/mol. The van der Waals surface area contributed by atoms with Gasteiger partial charge in [0.05, 0.1) is 25.3 Å². The number of benzene rings is 1. The molecule has 3 nitrogen and oxygen atoms in total. The van der Waals surface area contributed by atoms with Crippen molar-refractivity contribution in [3.63, 3.8) is 0 Å². The molecule has 1 aromatic rings. The second-order valence-corrected chi connectivity index (χ2v) is 4.75. The fraction of sp³-hybridized carbons (Fsp3) is 0.500. The van der Waals surface area contributed by atoms with E-state index in [0.29, 0.717) is 0 Å². The summed E-state index contributed by atoms with van der Waals surface area (Å²) in [5.74, 6) is 0. The van der Waals surface area contributed by atoms with E-state index in [1.165, 1.54) is 4.90 Å². The number of quaternary nitrogens is 1. The van der Waals surface area contributed by atoms with Crippen molar-refractivity contribution in [3.05, 3.63) is 35.9 Å². The van der Waals surface area contributed by atoms with Crippen LogP contribution in [0.5, 0.6) is 0 Å². The largest absolute Gasteiger partial charge is 0.382 e. The number of hydrogen-bond donors (Lipinski definition) is 2. The van der Waals surface area contributed by atoms with Gasteiger partial charge in [-0.1, -0.05) is 30.3 Å². The average Bonchev–Trinajstić information content (AvgIpc) is 2.42. The third-order valence-corrected chi connectivity index (χ3v) is 3.43. The van der Waals surface area contributed by atoms with Gasteiger partial charge in [0.25, 0.3) is 0 Å². The molecule has 3 atom stereocenters. The molecule has 0 fully saturated rings. The molecule has 2 N–H and O–H groups in total. The maximum absolute atomic E-state index is 10.3. The van der Waals surface area contributed by atoms with Crippen LogP contribution in [0.15, 0.2) is 35.3 Å². The molecule has 0 aliphatic carbocycles. The molecule has 0 aliphatic rings. The predicted molar refractivity (Wildman–Crippen MR) is 77.1 cm³/mol. The Kier molecular flexibility index (Phi) is 6.76. The van der Waals surface area contributed by atoms with Crippen LogP contribution in [0.3, 0.4) is 0 Å². The standard InChI is InChI=1S/C14H20N2OS/c1-12(16(2)10-6-9-15-11-18)14(17)13-7-4-3-5-8-13/h3-5,7-8,12,14,17H,6,9-10H2,1-2H3/p+1/t12-,14+/m1/s1. The van der Waals surface area contributed by atoms with Gasteiger partial charge in [0, 0.05) is 6.42 Å². The number of nitrogens with zero attached hydrogens (tertiary/aromatic N) is 1. The minimum Gasteiger partial charge on any atom is -0.382 e. The third kappa shape index (κ3) is 4.67. The Hall–Kier alpha value is -1.06. The summed E-state index contributed by atoms with van der Waals surface area (Å²) in [4.78, 5) is 5.19. The zero-order valence-electron chi connectivity index (χ0n) is 11.0. The van der Waals surface area contributed by atoms with E-state index in [1.54, 1.807) is 0 Å². The predicted octanol–water partition coefficient (Wildman–Crippen LogP) is 1.12. The molecule has 0 aliphatic heterocycles. The van der Waals surface area contributed by atoms with Crippen molar-refractivity contribution in [1.82, 2.24) is 0 Å². The lowest BCUT2D eigenvalue weighted by Crippen LogP contribution is -3.13. The van der Waals surface area contributed by atoms with E-state index in [-0.39, 0.29) is 6.04 Å². The van der Waals surface area contributed by atoms with Crippen LogP contribution < -0.4 is 4.90 Å². The molecular formula is C14H21N2OS+. The van der Waals surface area contributed by atoms with Crippen molar-refractivity contribution in [2.75, 3.05) is 20.1 Å². The first-order valence-electron chi connectivity index (χ1n) is 6.25. The van der Waals surface area contributed by atoms with Gasteiger partial charge in [-0.25, -0.2) is 4.99 Å². The molecular weight excluding hydrogens is 244 g/mol. The van der Waals surface area contributed by atoms with Gasteiger partial charge < -0.3 is 10.0 Å². The van der Waals surface area contributed by atoms with Gasteiger partial charge in [0.2, 0.25) is 0 Å². The zero-order chi connectivity index (χ0) is 13.4. The van der Waals surface area contributed by atoms with Crippen molar-refractivity contribution in [1.29, 1.82) is 0 Å². The molecule has 0 saturated heterocycles. The number of aliphatic hydroxyl groups excluding tert-OH is 1. The van der Waals surface area contributed by atoms with Crippen LogP contribution in [0.4, 0.5) is 0 Å². The third-order valence-electron chi connectivity index (χ3n) is 3.30. The van der Waals surface area contributed by atoms with Gasteiger partial charge in [-0.15, -0.1) is 0 Å². The molecule has 0 radical (unpaired) electrons. The molecule has 0 saturated carbocycles. The quantitative estimate of drug-likeness (QED) is 0.440. The van der Waals surface area contributed by atoms with Crippen LogP contribution >= 0.6 is 12.2 Å². The van der Waals surface area contributed by atoms with E-state index in [2.05, 4.69) is 36.3 Å². The van der Waals surface area contributed by atoms with Crippen LogP contribution in [0.25, 0.3) is 0 Å². The molecule has 4 heteroatoms. The van der Waals surface area contributed by atoms with E-state index < -0.39 is 6.10 Å². The number of nitrogens with one attached hydrogen (secondary N) is 1. The summed E-state index contributed by atoms with van der Waals surface area (Å²) >= 11 is 4.52. The maximum atomic E-state index is 10.3. The second-order valence-electron chi connectivity index (χ2n) is 4.57. The summed E-state index contributed by atoms with van der Waals surface area (Å²) < 4.78 is 0. The Balaban J connectivity index is 2.47. The normalized spacial score (nSPS) is 15.5. The van der Waals surface area contributed by atoms with Crippen LogP contribution in [0.2, 0.25) is 0 Å². The first kappa shape index (κ1) is 15.0. The molecule has 0 bridgehead atoms. The van der Waals surface area contributed by atoms with Gasteiger partial charge in [0.15, 0.2) is 0 Å². The van der Waals surface area contributed by atoms with Crippen LogP contribution in [0.1, 0.15) is 25.0 Å². The van der Waals surface area contributed by atoms with E-state index >= 15 is 0 Å². The van der Waals surface area contributed by atoms with Crippen molar-refractivity contribution in [2.45, 2.75) is 25.5 Å². The van der Waals surface area contributed by atoms with Crippen molar-refractivity contribution < 1.29 is 10.0 Å². The fourth-order valence-corrected chi connectivity index (χ4v) is 2.01. The Morgan fingerprint density at radius 1 is 1.39 bits per heavy atom. The lowest BCUT2D eigenvalue weighted by molar-refractivity contribution is -0.908. The van der Waals surface area contributed by atoms with Gasteiger partial charge in [0.1, 0.15) is 12.1 Å². The lowest BCUT2D eigenvalue weighted by Gasteiger charge is -2.26. The van der Waals surface area contributed by atoms with E-state index in [9.17, 15) is 5.11 Å². The first-order valence-corrected chi connectivity index (χ1v) is 6.66. The molecule has 98 valence electrons. The van der Waals surface area contributed by atoms with Crippen molar-refractivity contribution in [2.24, 2.45) is 4.99 Å². The highest BCUT2D eigenvalue weighted by Gasteiger charge is 2.23. The number of rotatable bonds is 7. The fourth-order valence-electron chi connectivity index (χ4n) is 1.92. The highest BCUT2D eigenvalue weighted by molar-refractivity contribution is 7.78. The second kappa shape index (κ2) is 8.11. The summed E-state index contributed by atoms with van der Waals surface area (Å²) in [7, 11) is 2.10. The molecule has 1 rings (SSSR count). The number of hydrogen-bond acceptors (Lipinski definition) is 3. The Morgan fingerprint density at radius 2 is 2.06 bits per heavy atom. The van der Waals surface area contributed by atoms with Gasteiger partial charge in [-0.2, -0.15) is 0 Å². The molecule has 0 heterocycles. The van der Waals surface area contributed by atoms with Crippen LogP contribution in [0, 0.1) is 0 Å². The van der Waals surface area contributed by atoms with E-state index in [1.807, 2.05) is 30.3 Å². The van der Waals surface area contributed by atoms with Gasteiger partial charge >= 0.3 is 0 Å². The molecule has 0 aromatic heterocycles. The number of aliphatic hydroxyl groups is 1. The number of aliphatic imine (C=N–C) groups is 1. The molecule has 1 unspecified atom stereocenters. The summed E-state index contributed by atoms with van der Waals surface area (Å²) in [5.41, 5.74) is 0.973. The Bertz CT molecular complexity index is 390. The Labute approximate surface area is 114 Å². The molecule has 18 heavy (non-hydrogen) atoms. The number of likely N-dealkylation sites (N-methyl/N-ethyl adjacent to an activating group) is 1. The minimum absolute atomic E-state index is 0.156. The SMILES string of the molecule is C[C@H]([C@H](O)c1ccccc1)[NH+](C)CCCN=C=S. The summed E-state index contributed by atoms with van der Waals surface area (Å²) in [6.45, 7) is 3.75. The van der Waals surface area contributed by atoms with E-state index in [0.717, 1.165) is 25.1 Å². The zero-order valence-corrected chi connectivity index (χ0v) is 11.8. The van der Waals surface area contributed by atoms with Crippen LogP contribution in [-0.2, 0) is 0 Å². The maximum Gasteiger partial charge on any atom is 0.130 e. The van der Waals surface area contributed by atoms with E-state index in [4.69, 9.17) is 0 Å². The molecule has 0 amide bonds. The highest BCUT2D eigenvalue weighted by atomic mass is 32.1. The number of thiocarbonyl (C=S) groups is 1. The number of isothiocyanates is 1. The van der Waals surface area contributed by atoms with Crippen molar-refractivity contribution >= 4 is 17.4 Å². The molecule has 1 aromatic carbocycles. The highest BCUT2D eigenvalue weighted by Crippen LogP contribution is 2.14. The topological polar surface area (TPSA) is 37.0 Å². The molecule has 0 spiro atoms. The first-order chi connectivity index (χ1) is 8.66. The van der Waals surface area contributed by atoms with Crippen molar-refractivity contribution in [3.8, 4) is 0 Å². The summed E-state index contributed by atoms with van der Waals surface area (Å²) in [6, 6.07) is 9.95. The average molecular weight is 265 g/mol. The lowest BCUT2D eigenvalue weighted by atomic mass is 10.0. The minimum atomic E-state index is -0.430. The summed E-state index contributed by atoms with van der Waals surface area (Å²) in [5, 5.41) is 12.7. The van der Waals surface area contributed by atoms with Crippen LogP contribution in [-0.4, -0.2) is 36.4 Å². The summed E-state index contributed by atoms with van der Waals surface area (Å²) in [6.07, 6.45) is 0.529. The smallest absolute Gasteiger partial charge is 0.130 e. The Morgan fingerprint density at radius 3 is 2.67 bits per heavy atom. The van der Waals surface area contributed by atoms with Gasteiger partial charge in [-0.05, 0) is 24.7 Å².